The van der Waals surface area contributed by atoms with E-state index < -0.39 is 16.6 Å². The van der Waals surface area contributed by atoms with E-state index in [0.717, 1.165) is 4.48 Å². The Morgan fingerprint density at radius 1 is 0.407 bits per heavy atom. The van der Waals surface area contributed by atoms with Gasteiger partial charge in [-0.2, -0.15) is 0 Å². The lowest BCUT2D eigenvalue weighted by atomic mass is 10.5. The highest BCUT2D eigenvalue weighted by molar-refractivity contribution is 6.75. The van der Waals surface area contributed by atoms with Crippen molar-refractivity contribution in [2.75, 3.05) is 28.2 Å². The van der Waals surface area contributed by atoms with Crippen molar-refractivity contribution in [1.29, 1.82) is 0 Å². The first-order chi connectivity index (χ1) is 11.7. The number of nitrogens with zero attached hydrogens (tertiary/aromatic N) is 1. The number of hydrogen-bond donors (Lipinski definition) is 0. The van der Waals surface area contributed by atoms with E-state index in [4.69, 9.17) is 0 Å². The van der Waals surface area contributed by atoms with Crippen LogP contribution in [0, 0.1) is 0 Å². The predicted molar refractivity (Wildman–Crippen MR) is 126 cm³/mol. The van der Waals surface area contributed by atoms with Crippen LogP contribution in [0.1, 0.15) is 83.1 Å². The molecule has 0 unspecified atom stereocenters. The molecule has 3 nitrogen and oxygen atoms in total. The molecule has 0 atom stereocenters. The molecule has 0 aromatic heterocycles. The van der Waals surface area contributed by atoms with E-state index in [-0.39, 0.29) is 0 Å². The molecule has 0 amide bonds. The Bertz CT molecular complexity index is 293. The fourth-order valence-corrected chi connectivity index (χ4v) is 12.0. The summed E-state index contributed by atoms with van der Waals surface area (Å²) in [6, 6.07) is 0. The molecule has 0 N–H and O–H groups in total. The van der Waals surface area contributed by atoms with Gasteiger partial charge in [-0.1, -0.05) is 116 Å². The van der Waals surface area contributed by atoms with E-state index in [9.17, 15) is 9.59 Å². The largest absolute Gasteiger partial charge is 0.858 e. The van der Waals surface area contributed by atoms with Crippen molar-refractivity contribution < 1.29 is 14.1 Å². The van der Waals surface area contributed by atoms with Gasteiger partial charge in [0.05, 0.1) is 28.2 Å². The molecular formula is C22H54NO2Si2-. The lowest BCUT2D eigenvalue weighted by Gasteiger charge is -2.50. The molecule has 0 aliphatic rings. The maximum atomic E-state index is 12.3. The first-order valence-electron chi connectivity index (χ1n) is 10.9. The van der Waals surface area contributed by atoms with Crippen LogP contribution in [-0.2, 0) is 0 Å². The van der Waals surface area contributed by atoms with Crippen LogP contribution in [0.3, 0.4) is 0 Å². The summed E-state index contributed by atoms with van der Waals surface area (Å²) in [6.45, 7) is 25.0. The molecule has 0 saturated carbocycles. The molecule has 0 aromatic rings. The van der Waals surface area contributed by atoms with Gasteiger partial charge in [-0.25, -0.2) is 0 Å². The van der Waals surface area contributed by atoms with Crippen LogP contribution in [0.2, 0.25) is 33.2 Å². The van der Waals surface area contributed by atoms with Gasteiger partial charge in [0, 0.05) is 0 Å². The quantitative estimate of drug-likeness (QED) is 0.428. The third-order valence-corrected chi connectivity index (χ3v) is 16.2. The number of quaternary nitrogens is 1. The second-order valence-electron chi connectivity index (χ2n) is 11.3. The van der Waals surface area contributed by atoms with Gasteiger partial charge in [-0.15, -0.1) is 0 Å². The highest BCUT2D eigenvalue weighted by atomic mass is 28.4. The number of hydrogen-bond acceptors (Lipinski definition) is 2. The van der Waals surface area contributed by atoms with Crippen molar-refractivity contribution >= 4 is 16.6 Å². The minimum absolute atomic E-state index is 0.363. The first kappa shape index (κ1) is 32.0. The fraction of sp³-hybridized carbons (Fsp3) is 1.00. The maximum Gasteiger partial charge on any atom is 0.0675 e. The number of rotatable bonds is 6. The van der Waals surface area contributed by atoms with E-state index in [1.165, 1.54) is 0 Å². The minimum Gasteiger partial charge on any atom is -0.858 e. The molecule has 0 saturated heterocycles. The van der Waals surface area contributed by atoms with E-state index in [0.29, 0.717) is 33.2 Å². The predicted octanol–water partition coefficient (Wildman–Crippen LogP) is 5.37. The normalized spacial score (nSPS) is 13.3. The van der Waals surface area contributed by atoms with Crippen LogP contribution in [-0.4, -0.2) is 49.3 Å². The lowest BCUT2D eigenvalue weighted by Crippen LogP contribution is -2.57. The second-order valence-corrected chi connectivity index (χ2v) is 21.7. The van der Waals surface area contributed by atoms with Crippen LogP contribution in [0.5, 0.6) is 0 Å². The van der Waals surface area contributed by atoms with E-state index in [1.807, 2.05) is 0 Å². The second kappa shape index (κ2) is 12.8. The minimum atomic E-state index is -2.23. The molecule has 0 heterocycles. The highest BCUT2D eigenvalue weighted by Crippen LogP contribution is 2.36. The van der Waals surface area contributed by atoms with Gasteiger partial charge in [0.2, 0.25) is 0 Å². The zero-order chi connectivity index (χ0) is 23.0. The third-order valence-electron chi connectivity index (χ3n) is 5.41. The van der Waals surface area contributed by atoms with Gasteiger partial charge in [0.15, 0.2) is 0 Å². The molecule has 0 fully saturated rings. The summed E-state index contributed by atoms with van der Waals surface area (Å²) >= 11 is 0. The Morgan fingerprint density at radius 2 is 0.481 bits per heavy atom. The maximum absolute atomic E-state index is 12.3. The third kappa shape index (κ3) is 11.8. The van der Waals surface area contributed by atoms with Crippen LogP contribution >= 0.6 is 0 Å². The van der Waals surface area contributed by atoms with Crippen molar-refractivity contribution in [1.82, 2.24) is 0 Å². The molecule has 5 heteroatoms. The van der Waals surface area contributed by atoms with Crippen molar-refractivity contribution in [2.45, 2.75) is 116 Å². The molecule has 0 aliphatic carbocycles. The molecule has 168 valence electrons. The Hall–Kier alpha value is 0.314. The van der Waals surface area contributed by atoms with Gasteiger partial charge in [-0.05, 0) is 16.6 Å². The SMILES string of the molecule is CC(C)[Si]([O-])(C(C)C)C(C)C.CC(C)[Si]([O-])(C(C)C)C(C)C.C[N+](C)(C)C. The molecule has 0 aromatic carbocycles. The zero-order valence-corrected chi connectivity index (χ0v) is 23.7. The molecule has 0 aliphatic heterocycles. The molecule has 0 rings (SSSR count). The van der Waals surface area contributed by atoms with Gasteiger partial charge in [0.1, 0.15) is 0 Å². The van der Waals surface area contributed by atoms with Crippen molar-refractivity contribution in [3.05, 3.63) is 0 Å². The smallest absolute Gasteiger partial charge is 0.0675 e. The topological polar surface area (TPSA) is 46.1 Å². The van der Waals surface area contributed by atoms with Gasteiger partial charge in [-0.3, -0.25) is 0 Å². The summed E-state index contributed by atoms with van der Waals surface area (Å²) in [4.78, 5) is 24.7. The zero-order valence-electron chi connectivity index (χ0n) is 21.7. The van der Waals surface area contributed by atoms with Gasteiger partial charge >= 0.3 is 0 Å². The summed E-state index contributed by atoms with van der Waals surface area (Å²) in [7, 11) is 4.04. The Morgan fingerprint density at radius 3 is 0.481 bits per heavy atom. The van der Waals surface area contributed by atoms with Crippen LogP contribution in [0.4, 0.5) is 0 Å². The molecule has 27 heavy (non-hydrogen) atoms. The van der Waals surface area contributed by atoms with Crippen molar-refractivity contribution in [3.8, 4) is 0 Å². The summed E-state index contributed by atoms with van der Waals surface area (Å²) in [5.41, 5.74) is 2.18. The summed E-state index contributed by atoms with van der Waals surface area (Å²) in [5.74, 6) is 0. The molecule has 0 spiro atoms. The van der Waals surface area contributed by atoms with Crippen molar-refractivity contribution in [2.24, 2.45) is 0 Å². The molecule has 0 bridgehead atoms. The Labute approximate surface area is 175 Å². The van der Waals surface area contributed by atoms with Gasteiger partial charge < -0.3 is 14.1 Å². The van der Waals surface area contributed by atoms with Crippen LogP contribution < -0.4 is 9.59 Å². The molecular weight excluding hydrogens is 366 g/mol. The molecule has 0 radical (unpaired) electrons. The summed E-state index contributed by atoms with van der Waals surface area (Å²) < 4.78 is 1.00. The first-order valence-corrected chi connectivity index (χ1v) is 15.1. The van der Waals surface area contributed by atoms with Gasteiger partial charge in [0.25, 0.3) is 0 Å². The lowest BCUT2D eigenvalue weighted by molar-refractivity contribution is -0.849. The average Bonchev–Trinajstić information content (AvgIpc) is 2.42. The average molecular weight is 421 g/mol. The summed E-state index contributed by atoms with van der Waals surface area (Å²) in [6.07, 6.45) is 0. The van der Waals surface area contributed by atoms with E-state index in [2.05, 4.69) is 111 Å². The highest BCUT2D eigenvalue weighted by Gasteiger charge is 2.30. The Balaban J connectivity index is -0.000000344. The monoisotopic (exact) mass is 420 g/mol. The van der Waals surface area contributed by atoms with Crippen LogP contribution in [0.25, 0.3) is 0 Å². The fourth-order valence-electron chi connectivity index (χ4n) is 4.00. The van der Waals surface area contributed by atoms with Crippen LogP contribution in [0.15, 0.2) is 0 Å². The standard InChI is InChI=1S/2C9H21OSi.C4H12N/c2*1-7(2)11(10,8(3)4)9(5)6;1-5(2,3)4/h2*7-9H,1-6H3;1-4H3/q2*-1;+1. The Kier molecular flexibility index (Phi) is 15.2. The van der Waals surface area contributed by atoms with E-state index >= 15 is 0 Å². The summed E-state index contributed by atoms with van der Waals surface area (Å²) in [5, 5.41) is 0. The van der Waals surface area contributed by atoms with Crippen molar-refractivity contribution in [3.63, 3.8) is 0 Å². The van der Waals surface area contributed by atoms with E-state index in [1.54, 1.807) is 0 Å².